The summed E-state index contributed by atoms with van der Waals surface area (Å²) in [6.45, 7) is 1.83. The highest BCUT2D eigenvalue weighted by atomic mass is 16.3. The van der Waals surface area contributed by atoms with E-state index in [0.717, 1.165) is 0 Å². The zero-order valence-electron chi connectivity index (χ0n) is 7.37. The van der Waals surface area contributed by atoms with Gasteiger partial charge in [-0.25, -0.2) is 0 Å². The van der Waals surface area contributed by atoms with Gasteiger partial charge in [0.25, 0.3) is 5.91 Å². The van der Waals surface area contributed by atoms with Gasteiger partial charge >= 0.3 is 0 Å². The Morgan fingerprint density at radius 1 is 1.85 bits per heavy atom. The van der Waals surface area contributed by atoms with Gasteiger partial charge in [-0.1, -0.05) is 0 Å². The topological polar surface area (TPSA) is 91.1 Å². The van der Waals surface area contributed by atoms with Crippen LogP contribution in [0.3, 0.4) is 0 Å². The van der Waals surface area contributed by atoms with Gasteiger partial charge in [-0.15, -0.1) is 0 Å². The smallest absolute Gasteiger partial charge is 0.267 e. The highest BCUT2D eigenvalue weighted by Crippen LogP contribution is 2.03. The number of aromatic amines is 1. The van der Waals surface area contributed by atoms with Crippen LogP contribution in [-0.2, 0) is 0 Å². The van der Waals surface area contributed by atoms with Crippen LogP contribution in [0.2, 0.25) is 0 Å². The van der Waals surface area contributed by atoms with Crippen molar-refractivity contribution in [3.63, 3.8) is 0 Å². The van der Waals surface area contributed by atoms with Crippen molar-refractivity contribution >= 4 is 11.6 Å². The zero-order chi connectivity index (χ0) is 9.84. The fourth-order valence-electron chi connectivity index (χ4n) is 0.878. The van der Waals surface area contributed by atoms with E-state index in [1.54, 1.807) is 6.92 Å². The molecule has 0 aliphatic heterocycles. The second-order valence-corrected chi connectivity index (χ2v) is 2.91. The Balaban J connectivity index is 2.49. The van der Waals surface area contributed by atoms with Crippen LogP contribution in [0.4, 0.5) is 5.69 Å². The van der Waals surface area contributed by atoms with Crippen LogP contribution in [-0.4, -0.2) is 28.6 Å². The molecule has 1 aromatic heterocycles. The number of amides is 1. The Kier molecular flexibility index (Phi) is 2.92. The molecule has 1 aromatic rings. The normalized spacial score (nSPS) is 12.5. The predicted octanol–water partition coefficient (Wildman–Crippen LogP) is -0.293. The molecular formula is C8H13N3O2. The third-order valence-electron chi connectivity index (χ3n) is 1.51. The van der Waals surface area contributed by atoms with Gasteiger partial charge in [0.1, 0.15) is 5.69 Å². The number of aliphatic hydroxyl groups is 1. The molecule has 5 nitrogen and oxygen atoms in total. The molecule has 1 rings (SSSR count). The summed E-state index contributed by atoms with van der Waals surface area (Å²) in [6, 6.07) is 1.54. The van der Waals surface area contributed by atoms with Gasteiger partial charge in [0.05, 0.1) is 6.10 Å². The molecular weight excluding hydrogens is 170 g/mol. The zero-order valence-corrected chi connectivity index (χ0v) is 7.37. The Morgan fingerprint density at radius 2 is 2.54 bits per heavy atom. The number of nitrogen functional groups attached to an aromatic ring is 1. The molecule has 0 aliphatic carbocycles. The lowest BCUT2D eigenvalue weighted by molar-refractivity contribution is 0.0919. The number of aliphatic hydroxyl groups excluding tert-OH is 1. The number of rotatable bonds is 3. The minimum atomic E-state index is -0.545. The molecule has 13 heavy (non-hydrogen) atoms. The molecule has 0 bridgehead atoms. The molecule has 0 spiro atoms. The SMILES string of the molecule is C[C@@H](O)CNC(=O)c1cc(N)c[nH]1. The number of aromatic nitrogens is 1. The van der Waals surface area contributed by atoms with Crippen molar-refractivity contribution < 1.29 is 9.90 Å². The molecule has 0 saturated heterocycles. The second kappa shape index (κ2) is 3.95. The van der Waals surface area contributed by atoms with Crippen LogP contribution < -0.4 is 11.1 Å². The van der Waals surface area contributed by atoms with E-state index < -0.39 is 6.10 Å². The molecule has 0 aromatic carbocycles. The molecule has 5 heteroatoms. The largest absolute Gasteiger partial charge is 0.397 e. The Labute approximate surface area is 75.9 Å². The second-order valence-electron chi connectivity index (χ2n) is 2.91. The van der Waals surface area contributed by atoms with Gasteiger partial charge in [0, 0.05) is 18.4 Å². The summed E-state index contributed by atoms with van der Waals surface area (Å²) >= 11 is 0. The van der Waals surface area contributed by atoms with Crippen LogP contribution >= 0.6 is 0 Å². The molecule has 1 amide bonds. The fourth-order valence-corrected chi connectivity index (χ4v) is 0.878. The lowest BCUT2D eigenvalue weighted by Gasteiger charge is -2.04. The number of H-pyrrole nitrogens is 1. The average Bonchev–Trinajstić information content (AvgIpc) is 2.47. The first-order valence-electron chi connectivity index (χ1n) is 3.99. The molecule has 0 fully saturated rings. The van der Waals surface area contributed by atoms with Gasteiger partial charge in [0.2, 0.25) is 0 Å². The Bertz CT molecular complexity index is 293. The molecule has 0 unspecified atom stereocenters. The van der Waals surface area contributed by atoms with Crippen molar-refractivity contribution in [3.05, 3.63) is 18.0 Å². The lowest BCUT2D eigenvalue weighted by atomic mass is 10.3. The first-order chi connectivity index (χ1) is 6.09. The predicted molar refractivity (Wildman–Crippen MR) is 49.2 cm³/mol. The van der Waals surface area contributed by atoms with E-state index >= 15 is 0 Å². The van der Waals surface area contributed by atoms with E-state index in [1.807, 2.05) is 0 Å². The fraction of sp³-hybridized carbons (Fsp3) is 0.375. The molecule has 1 heterocycles. The minimum Gasteiger partial charge on any atom is -0.397 e. The molecule has 1 atom stereocenters. The highest BCUT2D eigenvalue weighted by Gasteiger charge is 2.07. The minimum absolute atomic E-state index is 0.234. The standard InChI is InChI=1S/C8H13N3O2/c1-5(12)3-11-8(13)7-2-6(9)4-10-7/h2,4-5,10,12H,3,9H2,1H3,(H,11,13)/t5-/m1/s1. The van der Waals surface area contributed by atoms with Gasteiger partial charge in [-0.05, 0) is 13.0 Å². The summed E-state index contributed by atoms with van der Waals surface area (Å²) < 4.78 is 0. The molecule has 72 valence electrons. The Morgan fingerprint density at radius 3 is 3.00 bits per heavy atom. The number of carbonyl (C=O) groups is 1. The van der Waals surface area contributed by atoms with E-state index in [2.05, 4.69) is 10.3 Å². The van der Waals surface area contributed by atoms with Crippen LogP contribution in [0.25, 0.3) is 0 Å². The highest BCUT2D eigenvalue weighted by molar-refractivity contribution is 5.93. The quantitative estimate of drug-likeness (QED) is 0.519. The lowest BCUT2D eigenvalue weighted by Crippen LogP contribution is -2.30. The molecule has 0 radical (unpaired) electrons. The summed E-state index contributed by atoms with van der Waals surface area (Å²) in [5.74, 6) is -0.266. The summed E-state index contributed by atoms with van der Waals surface area (Å²) in [7, 11) is 0. The average molecular weight is 183 g/mol. The Hall–Kier alpha value is -1.49. The third-order valence-corrected chi connectivity index (χ3v) is 1.51. The molecule has 0 aliphatic rings. The van der Waals surface area contributed by atoms with Crippen LogP contribution in [0.15, 0.2) is 12.3 Å². The third kappa shape index (κ3) is 2.79. The number of carbonyl (C=O) groups excluding carboxylic acids is 1. The maximum Gasteiger partial charge on any atom is 0.267 e. The van der Waals surface area contributed by atoms with Crippen molar-refractivity contribution in [3.8, 4) is 0 Å². The number of anilines is 1. The monoisotopic (exact) mass is 183 g/mol. The van der Waals surface area contributed by atoms with Gasteiger partial charge < -0.3 is 21.1 Å². The van der Waals surface area contributed by atoms with Crippen molar-refractivity contribution in [2.75, 3.05) is 12.3 Å². The summed E-state index contributed by atoms with van der Waals surface area (Å²) in [5, 5.41) is 11.4. The van der Waals surface area contributed by atoms with Crippen molar-refractivity contribution in [2.45, 2.75) is 13.0 Å². The summed E-state index contributed by atoms with van der Waals surface area (Å²) in [6.07, 6.45) is 0.994. The molecule has 0 saturated carbocycles. The van der Waals surface area contributed by atoms with Gasteiger partial charge in [0.15, 0.2) is 0 Å². The van der Waals surface area contributed by atoms with E-state index in [9.17, 15) is 4.79 Å². The van der Waals surface area contributed by atoms with E-state index in [0.29, 0.717) is 11.4 Å². The van der Waals surface area contributed by atoms with Crippen LogP contribution in [0.1, 0.15) is 17.4 Å². The van der Waals surface area contributed by atoms with E-state index in [1.165, 1.54) is 12.3 Å². The van der Waals surface area contributed by atoms with E-state index in [-0.39, 0.29) is 12.5 Å². The van der Waals surface area contributed by atoms with Crippen LogP contribution in [0, 0.1) is 0 Å². The van der Waals surface area contributed by atoms with Gasteiger partial charge in [-0.2, -0.15) is 0 Å². The summed E-state index contributed by atoms with van der Waals surface area (Å²) in [4.78, 5) is 14.0. The van der Waals surface area contributed by atoms with Crippen LogP contribution in [0.5, 0.6) is 0 Å². The van der Waals surface area contributed by atoms with Crippen molar-refractivity contribution in [2.24, 2.45) is 0 Å². The first kappa shape index (κ1) is 9.60. The van der Waals surface area contributed by atoms with Crippen molar-refractivity contribution in [1.82, 2.24) is 10.3 Å². The number of nitrogens with one attached hydrogen (secondary N) is 2. The number of hydrogen-bond acceptors (Lipinski definition) is 3. The maximum atomic E-state index is 11.3. The van der Waals surface area contributed by atoms with E-state index in [4.69, 9.17) is 10.8 Å². The number of hydrogen-bond donors (Lipinski definition) is 4. The first-order valence-corrected chi connectivity index (χ1v) is 3.99. The van der Waals surface area contributed by atoms with Gasteiger partial charge in [-0.3, -0.25) is 4.79 Å². The summed E-state index contributed by atoms with van der Waals surface area (Å²) in [5.41, 5.74) is 6.33. The van der Waals surface area contributed by atoms with Crippen molar-refractivity contribution in [1.29, 1.82) is 0 Å². The maximum absolute atomic E-state index is 11.3. The number of nitrogens with two attached hydrogens (primary N) is 1. The molecule has 5 N–H and O–H groups in total.